The molecule has 0 bridgehead atoms. The summed E-state index contributed by atoms with van der Waals surface area (Å²) in [6.45, 7) is 7.88. The van der Waals surface area contributed by atoms with E-state index in [-0.39, 0.29) is 58.1 Å². The van der Waals surface area contributed by atoms with E-state index in [0.717, 1.165) is 75.8 Å². The highest BCUT2D eigenvalue weighted by atomic mass is 19.2. The summed E-state index contributed by atoms with van der Waals surface area (Å²) < 4.78 is 58.8. The number of nitrogens with zero attached hydrogens (tertiary/aromatic N) is 7. The monoisotopic (exact) mass is 1040 g/mol. The smallest absolute Gasteiger partial charge is 0.292 e. The Morgan fingerprint density at radius 3 is 1.44 bits per heavy atom. The summed E-state index contributed by atoms with van der Waals surface area (Å²) in [7, 11) is 5.03. The van der Waals surface area contributed by atoms with Crippen LogP contribution in [0.25, 0.3) is 0 Å². The van der Waals surface area contributed by atoms with Crippen molar-refractivity contribution in [2.45, 2.75) is 118 Å². The fourth-order valence-corrected chi connectivity index (χ4v) is 9.24. The second kappa shape index (κ2) is 26.0. The number of nitrogens with one attached hydrogen (secondary N) is 5. The molecule has 6 rings (SSSR count). The fourth-order valence-electron chi connectivity index (χ4n) is 9.24. The Kier molecular flexibility index (Phi) is 19.7. The zero-order chi connectivity index (χ0) is 54.5. The van der Waals surface area contributed by atoms with Crippen molar-refractivity contribution in [3.8, 4) is 0 Å². The summed E-state index contributed by atoms with van der Waals surface area (Å²) in [5, 5.41) is 22.4. The Morgan fingerprint density at radius 1 is 0.560 bits per heavy atom. The van der Waals surface area contributed by atoms with E-state index in [1.807, 2.05) is 23.4 Å². The van der Waals surface area contributed by atoms with Crippen LogP contribution in [-0.2, 0) is 36.8 Å². The number of aromatic nitrogens is 5. The largest absolute Gasteiger partial charge is 0.344 e. The van der Waals surface area contributed by atoms with Gasteiger partial charge in [0.05, 0.1) is 36.1 Å². The van der Waals surface area contributed by atoms with Crippen molar-refractivity contribution in [2.75, 3.05) is 30.8 Å². The van der Waals surface area contributed by atoms with Crippen molar-refractivity contribution >= 4 is 46.6 Å². The van der Waals surface area contributed by atoms with E-state index in [2.05, 4.69) is 37.0 Å². The standard InChI is InChI=1S/C53H66F4N12O6/c1-32-44(34(3)65(5)46(32)50(72)60-36-20-22-40(54)42(56)26-36)48(70)52(74)58-28-38-30-68(64-62-38)24-18-16-14-12-10-8-9-11-13-15-17-19-25-69-31-39(63-67(69)7)29-59-53(75)49(71)45-33(2)47(66(6)35(45)4)51(73)61-37-21-23-41(55)43(57)27-37/h20-23,26-27,30-31,63H,8-19,24-25,28-29H2,1-7H3,(H,58,74)(H,59,75)(H,60,72)(H,61,73). The molecule has 4 amide bonds. The van der Waals surface area contributed by atoms with Gasteiger partial charge in [-0.1, -0.05) is 69.4 Å². The molecule has 0 fully saturated rings. The molecular formula is C53H66F4N12O6. The van der Waals surface area contributed by atoms with E-state index in [1.54, 1.807) is 52.7 Å². The zero-order valence-electron chi connectivity index (χ0n) is 43.5. The maximum absolute atomic E-state index is 13.7. The summed E-state index contributed by atoms with van der Waals surface area (Å²) in [4.78, 5) is 78.7. The first kappa shape index (κ1) is 56.7. The highest BCUT2D eigenvalue weighted by Crippen LogP contribution is 2.26. The molecule has 1 aliphatic rings. The van der Waals surface area contributed by atoms with Crippen LogP contribution < -0.4 is 26.7 Å². The molecule has 1 aliphatic heterocycles. The first-order valence-electron chi connectivity index (χ1n) is 25.1. The van der Waals surface area contributed by atoms with Crippen LogP contribution in [0.1, 0.15) is 147 Å². The maximum Gasteiger partial charge on any atom is 0.292 e. The number of carbonyl (C=O) groups excluding carboxylic acids is 6. The molecule has 0 aliphatic carbocycles. The third-order valence-corrected chi connectivity index (χ3v) is 13.5. The Labute approximate surface area is 433 Å². The molecule has 5 aromatic rings. The molecule has 0 saturated heterocycles. The van der Waals surface area contributed by atoms with Crippen molar-refractivity contribution < 1.29 is 46.3 Å². The van der Waals surface area contributed by atoms with E-state index in [4.69, 9.17) is 0 Å². The molecule has 22 heteroatoms. The van der Waals surface area contributed by atoms with E-state index < -0.39 is 58.5 Å². The van der Waals surface area contributed by atoms with Crippen LogP contribution >= 0.6 is 0 Å². The van der Waals surface area contributed by atoms with Crippen LogP contribution in [0, 0.1) is 51.0 Å². The van der Waals surface area contributed by atoms with Crippen LogP contribution in [-0.4, -0.2) is 89.6 Å². The predicted molar refractivity (Wildman–Crippen MR) is 273 cm³/mol. The van der Waals surface area contributed by atoms with Crippen molar-refractivity contribution in [3.05, 3.63) is 128 Å². The average Bonchev–Trinajstić information content (AvgIpc) is 4.10. The predicted octanol–water partition coefficient (Wildman–Crippen LogP) is 7.94. The topological polar surface area (TPSA) is 210 Å². The van der Waals surface area contributed by atoms with Crippen molar-refractivity contribution in [2.24, 2.45) is 14.1 Å². The summed E-state index contributed by atoms with van der Waals surface area (Å²) in [5.74, 6) is -8.93. The highest BCUT2D eigenvalue weighted by Gasteiger charge is 2.31. The normalized spacial score (nSPS) is 12.4. The van der Waals surface area contributed by atoms with Crippen molar-refractivity contribution in [1.29, 1.82) is 0 Å². The van der Waals surface area contributed by atoms with Crippen LogP contribution in [0.4, 0.5) is 28.9 Å². The second-order valence-corrected chi connectivity index (χ2v) is 18.8. The number of hydrogen-bond acceptors (Lipinski definition) is 11. The second-order valence-electron chi connectivity index (χ2n) is 18.8. The fraction of sp³-hybridized carbons (Fsp3) is 0.434. The zero-order valence-corrected chi connectivity index (χ0v) is 43.5. The minimum atomic E-state index is -1.12. The van der Waals surface area contributed by atoms with Gasteiger partial charge in [0.2, 0.25) is 0 Å². The van der Waals surface area contributed by atoms with Gasteiger partial charge in [-0.3, -0.25) is 38.5 Å². The Hall–Kier alpha value is -7.62. The van der Waals surface area contributed by atoms with Gasteiger partial charge in [0, 0.05) is 75.3 Å². The number of Topliss-reactive ketones (excluding diaryl/α,β-unsaturated/α-hetero) is 2. The molecule has 0 spiro atoms. The van der Waals surface area contributed by atoms with Crippen LogP contribution in [0.5, 0.6) is 0 Å². The molecule has 3 aromatic heterocycles. The minimum Gasteiger partial charge on any atom is -0.344 e. The van der Waals surface area contributed by atoms with Gasteiger partial charge >= 0.3 is 0 Å². The van der Waals surface area contributed by atoms with Crippen LogP contribution in [0.3, 0.4) is 0 Å². The van der Waals surface area contributed by atoms with E-state index in [1.165, 1.54) is 53.4 Å². The number of unbranched alkanes of at least 4 members (excludes halogenated alkanes) is 11. The molecule has 18 nitrogen and oxygen atoms in total. The van der Waals surface area contributed by atoms with Gasteiger partial charge in [0.15, 0.2) is 23.3 Å². The lowest BCUT2D eigenvalue weighted by Crippen LogP contribution is -2.41. The summed E-state index contributed by atoms with van der Waals surface area (Å²) in [6.07, 6.45) is 17.1. The number of carbonyl (C=O) groups is 6. The Bertz CT molecular complexity index is 2960. The summed E-state index contributed by atoms with van der Waals surface area (Å²) >= 11 is 0. The molecule has 0 unspecified atom stereocenters. The number of hydrogen-bond donors (Lipinski definition) is 5. The van der Waals surface area contributed by atoms with E-state index >= 15 is 0 Å². The SMILES string of the molecule is Cc1c(C(=O)C(=O)NCC2=CN(CCCCCCCCCCCCCCn3cc(CNC(=O)C(=O)c4c(C)c(C(=O)Nc5ccc(F)c(F)c5)n(C)c4C)nn3)N(C)N2)c(C)n(C)c1C(=O)Nc1ccc(F)c(F)c1. The molecule has 4 heterocycles. The van der Waals surface area contributed by atoms with Gasteiger partial charge in [-0.25, -0.2) is 17.6 Å². The first-order valence-corrected chi connectivity index (χ1v) is 25.1. The van der Waals surface area contributed by atoms with Crippen LogP contribution in [0.15, 0.2) is 54.5 Å². The number of halogens is 4. The van der Waals surface area contributed by atoms with Gasteiger partial charge in [0.1, 0.15) is 17.1 Å². The number of amides is 4. The molecule has 0 saturated carbocycles. The lowest BCUT2D eigenvalue weighted by atomic mass is 10.0. The van der Waals surface area contributed by atoms with Gasteiger partial charge in [-0.05, 0) is 75.9 Å². The number of hydrazine groups is 2. The molecule has 5 N–H and O–H groups in total. The first-order chi connectivity index (χ1) is 35.8. The number of ketones is 2. The average molecular weight is 1040 g/mol. The van der Waals surface area contributed by atoms with Crippen molar-refractivity contribution in [1.82, 2.24) is 50.3 Å². The van der Waals surface area contributed by atoms with Gasteiger partial charge in [0.25, 0.3) is 35.2 Å². The third-order valence-electron chi connectivity index (χ3n) is 13.5. The number of aryl methyl sites for hydroxylation is 1. The summed E-state index contributed by atoms with van der Waals surface area (Å²) in [6, 6.07) is 5.95. The van der Waals surface area contributed by atoms with E-state index in [0.29, 0.717) is 29.3 Å². The van der Waals surface area contributed by atoms with Crippen LogP contribution in [0.2, 0.25) is 0 Å². The molecule has 75 heavy (non-hydrogen) atoms. The summed E-state index contributed by atoms with van der Waals surface area (Å²) in [5.41, 5.74) is 6.22. The third kappa shape index (κ3) is 14.4. The molecular weight excluding hydrogens is 977 g/mol. The molecule has 2 aromatic carbocycles. The highest BCUT2D eigenvalue weighted by molar-refractivity contribution is 6.44. The Balaban J connectivity index is 0.785. The number of rotatable bonds is 27. The van der Waals surface area contributed by atoms with Gasteiger partial charge < -0.3 is 35.8 Å². The number of anilines is 2. The minimum absolute atomic E-state index is 0.0101. The Morgan fingerprint density at radius 2 is 0.987 bits per heavy atom. The van der Waals surface area contributed by atoms with E-state index in [9.17, 15) is 46.3 Å². The molecule has 0 radical (unpaired) electrons. The maximum atomic E-state index is 13.7. The quantitative estimate of drug-likeness (QED) is 0.0148. The lowest BCUT2D eigenvalue weighted by Gasteiger charge is -2.24. The van der Waals surface area contributed by atoms with Crippen molar-refractivity contribution in [3.63, 3.8) is 0 Å². The lowest BCUT2D eigenvalue weighted by molar-refractivity contribution is -0.117. The number of benzene rings is 2. The molecule has 0 atom stereocenters. The van der Waals surface area contributed by atoms with Gasteiger partial charge in [-0.15, -0.1) is 10.2 Å². The molecule has 402 valence electrons. The van der Waals surface area contributed by atoms with Gasteiger partial charge in [-0.2, -0.15) is 0 Å².